The zero-order valence-corrected chi connectivity index (χ0v) is 15.3. The van der Waals surface area contributed by atoms with Crippen LogP contribution in [0.2, 0.25) is 0 Å². The Morgan fingerprint density at radius 3 is 2.28 bits per heavy atom. The molecule has 0 spiro atoms. The van der Waals surface area contributed by atoms with Crippen LogP contribution in [0.4, 0.5) is 4.39 Å². The molecule has 4 nitrogen and oxygen atoms in total. The Bertz CT molecular complexity index is 601. The van der Waals surface area contributed by atoms with Gasteiger partial charge in [-0.25, -0.2) is 9.18 Å². The Morgan fingerprint density at radius 1 is 1.12 bits per heavy atom. The molecule has 1 aromatic rings. The maximum atomic E-state index is 13.2. The highest BCUT2D eigenvalue weighted by Crippen LogP contribution is 2.40. The standard InChI is InChI=1S/C20H27FO4/c1-4-19(2,3)18(23)24-14-17(22)25-20(12-6-5-7-13-20)15-8-10-16(21)11-9-15/h8-11H,4-7,12-14H2,1-3H3. The van der Waals surface area contributed by atoms with E-state index in [2.05, 4.69) is 0 Å². The maximum absolute atomic E-state index is 13.2. The normalized spacial score (nSPS) is 17.0. The first-order chi connectivity index (χ1) is 11.8. The Morgan fingerprint density at radius 2 is 1.72 bits per heavy atom. The summed E-state index contributed by atoms with van der Waals surface area (Å²) in [6, 6.07) is 6.09. The summed E-state index contributed by atoms with van der Waals surface area (Å²) in [5, 5.41) is 0. The summed E-state index contributed by atoms with van der Waals surface area (Å²) in [4.78, 5) is 24.3. The van der Waals surface area contributed by atoms with Crippen molar-refractivity contribution in [2.45, 2.75) is 64.9 Å². The van der Waals surface area contributed by atoms with E-state index in [1.165, 1.54) is 12.1 Å². The van der Waals surface area contributed by atoms with E-state index in [1.807, 2.05) is 6.92 Å². The third-order valence-electron chi connectivity index (χ3n) is 5.10. The summed E-state index contributed by atoms with van der Waals surface area (Å²) in [7, 11) is 0. The predicted octanol–water partition coefficient (Wildman–Crippen LogP) is 4.51. The predicted molar refractivity (Wildman–Crippen MR) is 92.3 cm³/mol. The largest absolute Gasteiger partial charge is 0.453 e. The van der Waals surface area contributed by atoms with Gasteiger partial charge in [0.1, 0.15) is 11.4 Å². The first-order valence-electron chi connectivity index (χ1n) is 8.94. The van der Waals surface area contributed by atoms with E-state index in [0.29, 0.717) is 19.3 Å². The van der Waals surface area contributed by atoms with E-state index in [4.69, 9.17) is 9.47 Å². The summed E-state index contributed by atoms with van der Waals surface area (Å²) >= 11 is 0. The molecule has 1 aromatic carbocycles. The van der Waals surface area contributed by atoms with Crippen molar-refractivity contribution < 1.29 is 23.5 Å². The van der Waals surface area contributed by atoms with Gasteiger partial charge in [0.05, 0.1) is 5.41 Å². The molecule has 0 N–H and O–H groups in total. The van der Waals surface area contributed by atoms with Crippen LogP contribution in [-0.4, -0.2) is 18.5 Å². The summed E-state index contributed by atoms with van der Waals surface area (Å²) in [6.07, 6.45) is 4.97. The molecule has 0 bridgehead atoms. The number of hydrogen-bond acceptors (Lipinski definition) is 4. The average molecular weight is 350 g/mol. The molecule has 0 heterocycles. The lowest BCUT2D eigenvalue weighted by molar-refractivity contribution is -0.177. The summed E-state index contributed by atoms with van der Waals surface area (Å²) in [6.45, 7) is 5.06. The molecule has 0 aromatic heterocycles. The number of ether oxygens (including phenoxy) is 2. The maximum Gasteiger partial charge on any atom is 0.345 e. The Labute approximate surface area is 148 Å². The van der Waals surface area contributed by atoms with Crippen molar-refractivity contribution in [1.29, 1.82) is 0 Å². The van der Waals surface area contributed by atoms with E-state index in [-0.39, 0.29) is 5.82 Å². The van der Waals surface area contributed by atoms with Gasteiger partial charge in [0.2, 0.25) is 0 Å². The molecule has 138 valence electrons. The van der Waals surface area contributed by atoms with Gasteiger partial charge in [0.25, 0.3) is 0 Å². The zero-order valence-electron chi connectivity index (χ0n) is 15.3. The molecule has 1 aliphatic rings. The highest BCUT2D eigenvalue weighted by Gasteiger charge is 2.38. The minimum atomic E-state index is -0.754. The van der Waals surface area contributed by atoms with Gasteiger partial charge in [-0.05, 0) is 63.6 Å². The van der Waals surface area contributed by atoms with Crippen LogP contribution in [0.15, 0.2) is 24.3 Å². The smallest absolute Gasteiger partial charge is 0.345 e. The molecule has 1 fully saturated rings. The molecule has 5 heteroatoms. The summed E-state index contributed by atoms with van der Waals surface area (Å²) < 4.78 is 24.1. The van der Waals surface area contributed by atoms with E-state index in [9.17, 15) is 14.0 Å². The van der Waals surface area contributed by atoms with Crippen LogP contribution in [0.25, 0.3) is 0 Å². The summed E-state index contributed by atoms with van der Waals surface area (Å²) in [5.41, 5.74) is -0.586. The SMILES string of the molecule is CCC(C)(C)C(=O)OCC(=O)OC1(c2ccc(F)cc2)CCCCC1. The fraction of sp³-hybridized carbons (Fsp3) is 0.600. The van der Waals surface area contributed by atoms with Crippen LogP contribution in [0.5, 0.6) is 0 Å². The van der Waals surface area contributed by atoms with Gasteiger partial charge in [-0.3, -0.25) is 4.79 Å². The van der Waals surface area contributed by atoms with Crippen molar-refractivity contribution in [3.05, 3.63) is 35.6 Å². The number of esters is 2. The van der Waals surface area contributed by atoms with Crippen LogP contribution in [0.1, 0.15) is 64.9 Å². The van der Waals surface area contributed by atoms with Crippen molar-refractivity contribution >= 4 is 11.9 Å². The molecular formula is C20H27FO4. The van der Waals surface area contributed by atoms with Crippen molar-refractivity contribution in [3.8, 4) is 0 Å². The van der Waals surface area contributed by atoms with Crippen molar-refractivity contribution in [3.63, 3.8) is 0 Å². The molecule has 25 heavy (non-hydrogen) atoms. The molecule has 0 atom stereocenters. The highest BCUT2D eigenvalue weighted by molar-refractivity contribution is 5.80. The number of carbonyl (C=O) groups is 2. The van der Waals surface area contributed by atoms with Crippen molar-refractivity contribution in [2.24, 2.45) is 5.41 Å². The topological polar surface area (TPSA) is 52.6 Å². The molecule has 0 aliphatic heterocycles. The minimum Gasteiger partial charge on any atom is -0.453 e. The fourth-order valence-corrected chi connectivity index (χ4v) is 3.04. The second-order valence-electron chi connectivity index (χ2n) is 7.35. The van der Waals surface area contributed by atoms with Crippen LogP contribution in [-0.2, 0) is 24.7 Å². The van der Waals surface area contributed by atoms with E-state index < -0.39 is 29.6 Å². The number of halogens is 1. The molecule has 0 unspecified atom stereocenters. The molecule has 2 rings (SSSR count). The first-order valence-corrected chi connectivity index (χ1v) is 8.94. The van der Waals surface area contributed by atoms with Crippen LogP contribution >= 0.6 is 0 Å². The third kappa shape index (κ3) is 4.80. The Hall–Kier alpha value is -1.91. The highest BCUT2D eigenvalue weighted by atomic mass is 19.1. The van der Waals surface area contributed by atoms with E-state index in [0.717, 1.165) is 24.8 Å². The van der Waals surface area contributed by atoms with Crippen LogP contribution < -0.4 is 0 Å². The molecule has 1 aliphatic carbocycles. The lowest BCUT2D eigenvalue weighted by Crippen LogP contribution is -2.37. The Balaban J connectivity index is 2.06. The molecule has 0 amide bonds. The molecule has 0 radical (unpaired) electrons. The van der Waals surface area contributed by atoms with Gasteiger partial charge < -0.3 is 9.47 Å². The van der Waals surface area contributed by atoms with Gasteiger partial charge in [-0.1, -0.05) is 25.5 Å². The van der Waals surface area contributed by atoms with Crippen molar-refractivity contribution in [2.75, 3.05) is 6.61 Å². The average Bonchev–Trinajstić information content (AvgIpc) is 2.60. The monoisotopic (exact) mass is 350 g/mol. The quantitative estimate of drug-likeness (QED) is 0.709. The fourth-order valence-electron chi connectivity index (χ4n) is 3.04. The number of carbonyl (C=O) groups excluding carboxylic acids is 2. The number of hydrogen-bond donors (Lipinski definition) is 0. The van der Waals surface area contributed by atoms with E-state index in [1.54, 1.807) is 26.0 Å². The van der Waals surface area contributed by atoms with E-state index >= 15 is 0 Å². The second kappa shape index (κ2) is 7.98. The number of rotatable bonds is 6. The lowest BCUT2D eigenvalue weighted by atomic mass is 9.79. The molecular weight excluding hydrogens is 323 g/mol. The second-order valence-corrected chi connectivity index (χ2v) is 7.35. The van der Waals surface area contributed by atoms with Crippen LogP contribution in [0.3, 0.4) is 0 Å². The first kappa shape index (κ1) is 19.4. The molecule has 1 saturated carbocycles. The third-order valence-corrected chi connectivity index (χ3v) is 5.10. The lowest BCUT2D eigenvalue weighted by Gasteiger charge is -2.37. The zero-order chi connectivity index (χ0) is 18.5. The molecule has 0 saturated heterocycles. The van der Waals surface area contributed by atoms with Crippen molar-refractivity contribution in [1.82, 2.24) is 0 Å². The van der Waals surface area contributed by atoms with Gasteiger partial charge in [0.15, 0.2) is 6.61 Å². The van der Waals surface area contributed by atoms with Crippen LogP contribution in [0, 0.1) is 11.2 Å². The van der Waals surface area contributed by atoms with Gasteiger partial charge >= 0.3 is 11.9 Å². The van der Waals surface area contributed by atoms with Gasteiger partial charge in [-0.15, -0.1) is 0 Å². The summed E-state index contributed by atoms with van der Waals surface area (Å²) in [5.74, 6) is -1.30. The minimum absolute atomic E-state index is 0.322. The van der Waals surface area contributed by atoms with Gasteiger partial charge in [0, 0.05) is 0 Å². The Kier molecular flexibility index (Phi) is 6.20. The number of benzene rings is 1. The van der Waals surface area contributed by atoms with Gasteiger partial charge in [-0.2, -0.15) is 0 Å².